The molecule has 1 atom stereocenters. The number of hydrogen-bond donors (Lipinski definition) is 3. The molecule has 0 heterocycles. The highest BCUT2D eigenvalue weighted by atomic mass is 16.5. The van der Waals surface area contributed by atoms with Crippen molar-refractivity contribution in [1.29, 1.82) is 0 Å². The van der Waals surface area contributed by atoms with Gasteiger partial charge in [0.1, 0.15) is 17.3 Å². The van der Waals surface area contributed by atoms with Crippen LogP contribution in [0.2, 0.25) is 0 Å². The van der Waals surface area contributed by atoms with Gasteiger partial charge in [-0.05, 0) is 58.3 Å². The van der Waals surface area contributed by atoms with Crippen molar-refractivity contribution >= 4 is 35.2 Å². The molecule has 0 rings (SSSR count). The highest BCUT2D eigenvalue weighted by molar-refractivity contribution is 5.87. The van der Waals surface area contributed by atoms with Crippen LogP contribution in [-0.2, 0) is 38.2 Å². The molecule has 11 nitrogen and oxygen atoms in total. The molecule has 1 amide bonds. The van der Waals surface area contributed by atoms with Gasteiger partial charge in [0.15, 0.2) is 0 Å². The fourth-order valence-corrected chi connectivity index (χ4v) is 6.15. The van der Waals surface area contributed by atoms with Gasteiger partial charge in [-0.25, -0.2) is 0 Å². The zero-order chi connectivity index (χ0) is 39.2. The molecule has 53 heavy (non-hydrogen) atoms. The van der Waals surface area contributed by atoms with E-state index in [2.05, 4.69) is 5.32 Å². The Hall–Kier alpha value is -2.66. The summed E-state index contributed by atoms with van der Waals surface area (Å²) < 4.78 is 11.3. The minimum Gasteiger partial charge on any atom is -0.481 e. The van der Waals surface area contributed by atoms with Crippen molar-refractivity contribution in [3.05, 3.63) is 0 Å². The van der Waals surface area contributed by atoms with Crippen LogP contribution in [0.5, 0.6) is 0 Å². The van der Waals surface area contributed by atoms with Crippen LogP contribution in [-0.4, -0.2) is 78.4 Å². The Balaban J connectivity index is 3.38. The third-order valence-electron chi connectivity index (χ3n) is 9.50. The number of carboxylic acid groups (broad SMARTS) is 2. The Morgan fingerprint density at radius 2 is 0.887 bits per heavy atom. The third kappa shape index (κ3) is 38.9. The molecule has 11 heteroatoms. The number of Topliss-reactive ketones (excluding diaryl/α,β-unsaturated/α-hetero) is 3. The van der Waals surface area contributed by atoms with Crippen molar-refractivity contribution < 1.29 is 48.5 Å². The van der Waals surface area contributed by atoms with Gasteiger partial charge in [0.25, 0.3) is 0 Å². The lowest BCUT2D eigenvalue weighted by Crippen LogP contribution is -2.26. The molecule has 0 aromatic rings. The van der Waals surface area contributed by atoms with Crippen LogP contribution >= 0.6 is 0 Å². The highest BCUT2D eigenvalue weighted by Gasteiger charge is 2.22. The van der Waals surface area contributed by atoms with Gasteiger partial charge in [-0.15, -0.1) is 0 Å². The second-order valence-corrected chi connectivity index (χ2v) is 14.7. The highest BCUT2D eigenvalue weighted by Crippen LogP contribution is 2.16. The minimum atomic E-state index is -1.10. The molecule has 0 aliphatic heterocycles. The van der Waals surface area contributed by atoms with Crippen molar-refractivity contribution in [3.63, 3.8) is 0 Å². The maximum Gasteiger partial charge on any atom is 0.306 e. The van der Waals surface area contributed by atoms with Crippen LogP contribution in [0.3, 0.4) is 0 Å². The molecule has 0 aliphatic rings. The zero-order valence-electron chi connectivity index (χ0n) is 33.3. The summed E-state index contributed by atoms with van der Waals surface area (Å²) in [6, 6.07) is 0. The number of carbonyl (C=O) groups excluding carboxylic acids is 4. The lowest BCUT2D eigenvalue weighted by atomic mass is 9.94. The molecule has 0 bridgehead atoms. The molecule has 3 N–H and O–H groups in total. The van der Waals surface area contributed by atoms with Gasteiger partial charge >= 0.3 is 11.9 Å². The number of carboxylic acids is 2. The fraction of sp³-hybridized carbons (Fsp3) is 0.857. The summed E-state index contributed by atoms with van der Waals surface area (Å²) in [6.07, 6.45) is 25.5. The van der Waals surface area contributed by atoms with Crippen molar-refractivity contribution in [2.24, 2.45) is 5.92 Å². The second-order valence-electron chi connectivity index (χ2n) is 14.7. The van der Waals surface area contributed by atoms with Crippen LogP contribution in [0.4, 0.5) is 0 Å². The van der Waals surface area contributed by atoms with Crippen LogP contribution in [0, 0.1) is 5.92 Å². The van der Waals surface area contributed by atoms with Crippen molar-refractivity contribution in [2.45, 2.75) is 193 Å². The SMILES string of the molecule is CC(=O)CC[C@H](CC(=O)CCC(=O)NCCCOCCCCOCCCCC(=O)CCCCCCCCCCCCCCCCCCC(=O)O)C(=O)O. The number of rotatable bonds is 42. The van der Waals surface area contributed by atoms with Gasteiger partial charge in [-0.3, -0.25) is 24.0 Å². The van der Waals surface area contributed by atoms with Crippen molar-refractivity contribution in [2.75, 3.05) is 33.0 Å². The molecule has 0 radical (unpaired) electrons. The fourth-order valence-electron chi connectivity index (χ4n) is 6.15. The van der Waals surface area contributed by atoms with E-state index in [1.54, 1.807) is 0 Å². The Kier molecular flexibility index (Phi) is 35.8. The van der Waals surface area contributed by atoms with E-state index in [9.17, 15) is 33.9 Å². The van der Waals surface area contributed by atoms with Crippen LogP contribution in [0.25, 0.3) is 0 Å². The molecule has 0 fully saturated rings. The maximum atomic E-state index is 12.2. The summed E-state index contributed by atoms with van der Waals surface area (Å²) in [5.41, 5.74) is 0. The van der Waals surface area contributed by atoms with Crippen molar-refractivity contribution in [1.82, 2.24) is 5.32 Å². The standard InChI is InChI=1S/C42H75NO10/c1-36(44)26-27-37(42(50)51)35-39(46)28-29-40(47)43-30-22-34-53-33-21-20-32-52-31-19-18-24-38(45)23-16-14-12-10-8-6-4-2-3-5-7-9-11-13-15-17-25-41(48)49/h37H,2-35H2,1H3,(H,43,47)(H,48,49)(H,50,51)/t37-/m1/s1. The van der Waals surface area contributed by atoms with Gasteiger partial charge < -0.3 is 29.8 Å². The van der Waals surface area contributed by atoms with Gasteiger partial charge in [-0.1, -0.05) is 89.9 Å². The summed E-state index contributed by atoms with van der Waals surface area (Å²) in [6.45, 7) is 4.33. The Morgan fingerprint density at radius 3 is 1.34 bits per heavy atom. The molecule has 0 aliphatic carbocycles. The van der Waals surface area contributed by atoms with Crippen LogP contribution < -0.4 is 5.32 Å². The molecule has 0 unspecified atom stereocenters. The second kappa shape index (κ2) is 37.6. The number of carbonyl (C=O) groups is 6. The topological polar surface area (TPSA) is 173 Å². The molecule has 0 aromatic heterocycles. The molecular weight excluding hydrogens is 678 g/mol. The molecule has 0 spiro atoms. The quantitative estimate of drug-likeness (QED) is 0.0511. The largest absolute Gasteiger partial charge is 0.481 e. The Morgan fingerprint density at radius 1 is 0.472 bits per heavy atom. The summed E-state index contributed by atoms with van der Waals surface area (Å²) >= 11 is 0. The number of nitrogens with one attached hydrogen (secondary N) is 1. The predicted octanol–water partition coefficient (Wildman–Crippen LogP) is 8.96. The van der Waals surface area contributed by atoms with E-state index in [1.807, 2.05) is 0 Å². The number of aliphatic carboxylic acids is 2. The van der Waals surface area contributed by atoms with E-state index >= 15 is 0 Å². The summed E-state index contributed by atoms with van der Waals surface area (Å²) in [4.78, 5) is 69.1. The maximum absolute atomic E-state index is 12.2. The smallest absolute Gasteiger partial charge is 0.306 e. The lowest BCUT2D eigenvalue weighted by Gasteiger charge is -2.10. The summed E-state index contributed by atoms with van der Waals surface area (Å²) in [7, 11) is 0. The van der Waals surface area contributed by atoms with E-state index < -0.39 is 17.9 Å². The zero-order valence-corrected chi connectivity index (χ0v) is 33.3. The molecule has 0 aromatic carbocycles. The van der Waals surface area contributed by atoms with E-state index in [0.717, 1.165) is 51.4 Å². The number of unbranched alkanes of at least 4 members (excludes halogenated alkanes) is 17. The van der Waals surface area contributed by atoms with Gasteiger partial charge in [0.05, 0.1) is 5.92 Å². The first-order valence-corrected chi connectivity index (χ1v) is 21.0. The van der Waals surface area contributed by atoms with Gasteiger partial charge in [0.2, 0.25) is 5.91 Å². The van der Waals surface area contributed by atoms with E-state index in [0.29, 0.717) is 64.4 Å². The molecule has 0 saturated carbocycles. The average molecular weight is 754 g/mol. The van der Waals surface area contributed by atoms with Crippen LogP contribution in [0.1, 0.15) is 193 Å². The normalized spacial score (nSPS) is 11.7. The number of hydrogen-bond acceptors (Lipinski definition) is 8. The number of ether oxygens (including phenoxy) is 2. The number of ketones is 3. The van der Waals surface area contributed by atoms with E-state index in [-0.39, 0.29) is 49.6 Å². The molecular formula is C42H75NO10. The van der Waals surface area contributed by atoms with Gasteiger partial charge in [0, 0.05) is 77.9 Å². The van der Waals surface area contributed by atoms with Gasteiger partial charge in [-0.2, -0.15) is 0 Å². The first-order chi connectivity index (χ1) is 25.6. The van der Waals surface area contributed by atoms with E-state index in [1.165, 1.54) is 84.0 Å². The lowest BCUT2D eigenvalue weighted by molar-refractivity contribution is -0.144. The first-order valence-electron chi connectivity index (χ1n) is 21.0. The van der Waals surface area contributed by atoms with Crippen molar-refractivity contribution in [3.8, 4) is 0 Å². The van der Waals surface area contributed by atoms with Crippen LogP contribution in [0.15, 0.2) is 0 Å². The summed E-state index contributed by atoms with van der Waals surface area (Å²) in [5, 5.41) is 20.6. The minimum absolute atomic E-state index is 0.0146. The Labute approximate surface area is 320 Å². The Bertz CT molecular complexity index is 970. The third-order valence-corrected chi connectivity index (χ3v) is 9.50. The van der Waals surface area contributed by atoms with E-state index in [4.69, 9.17) is 14.6 Å². The summed E-state index contributed by atoms with van der Waals surface area (Å²) in [5.74, 6) is -2.95. The monoisotopic (exact) mass is 754 g/mol. The molecule has 308 valence electrons. The average Bonchev–Trinajstić information content (AvgIpc) is 3.11. The first kappa shape index (κ1) is 50.3. The number of amides is 1. The predicted molar refractivity (Wildman–Crippen MR) is 208 cm³/mol. The molecule has 0 saturated heterocycles.